The van der Waals surface area contributed by atoms with Gasteiger partial charge in [0.15, 0.2) is 5.82 Å². The summed E-state index contributed by atoms with van der Waals surface area (Å²) in [6.07, 6.45) is 0. The summed E-state index contributed by atoms with van der Waals surface area (Å²) in [6.45, 7) is 4.86. The predicted octanol–water partition coefficient (Wildman–Crippen LogP) is 4.69. The second-order valence-electron chi connectivity index (χ2n) is 4.91. The SMILES string of the molecule is CCNc1nc(-c2ccc(Cl)c(C)c2)nc2ccccc12. The third-order valence-corrected chi connectivity index (χ3v) is 3.79. The predicted molar refractivity (Wildman–Crippen MR) is 88.9 cm³/mol. The van der Waals surface area contributed by atoms with E-state index in [0.29, 0.717) is 5.82 Å². The third-order valence-electron chi connectivity index (χ3n) is 3.36. The summed E-state index contributed by atoms with van der Waals surface area (Å²) in [6, 6.07) is 13.9. The Morgan fingerprint density at radius 2 is 1.90 bits per heavy atom. The summed E-state index contributed by atoms with van der Waals surface area (Å²) < 4.78 is 0. The maximum atomic E-state index is 6.09. The highest BCUT2D eigenvalue weighted by atomic mass is 35.5. The first-order valence-corrected chi connectivity index (χ1v) is 7.34. The van der Waals surface area contributed by atoms with Crippen molar-refractivity contribution in [2.24, 2.45) is 0 Å². The highest BCUT2D eigenvalue weighted by Gasteiger charge is 2.09. The van der Waals surface area contributed by atoms with Crippen molar-refractivity contribution in [3.05, 3.63) is 53.1 Å². The Morgan fingerprint density at radius 3 is 2.67 bits per heavy atom. The van der Waals surface area contributed by atoms with Gasteiger partial charge in [0, 0.05) is 22.5 Å². The van der Waals surface area contributed by atoms with Crippen LogP contribution in [0.5, 0.6) is 0 Å². The number of aryl methyl sites for hydroxylation is 1. The molecule has 0 spiro atoms. The van der Waals surface area contributed by atoms with Gasteiger partial charge in [-0.25, -0.2) is 9.97 Å². The number of nitrogens with one attached hydrogen (secondary N) is 1. The Balaban J connectivity index is 2.20. The molecule has 1 N–H and O–H groups in total. The fourth-order valence-corrected chi connectivity index (χ4v) is 2.41. The quantitative estimate of drug-likeness (QED) is 0.762. The highest BCUT2D eigenvalue weighted by Crippen LogP contribution is 2.27. The smallest absolute Gasteiger partial charge is 0.162 e. The number of para-hydroxylation sites is 1. The lowest BCUT2D eigenvalue weighted by atomic mass is 10.1. The maximum Gasteiger partial charge on any atom is 0.162 e. The van der Waals surface area contributed by atoms with Crippen LogP contribution in [0.2, 0.25) is 5.02 Å². The van der Waals surface area contributed by atoms with Crippen LogP contribution in [0.1, 0.15) is 12.5 Å². The fraction of sp³-hybridized carbons (Fsp3) is 0.176. The molecule has 4 heteroatoms. The van der Waals surface area contributed by atoms with Gasteiger partial charge < -0.3 is 5.32 Å². The summed E-state index contributed by atoms with van der Waals surface area (Å²) in [4.78, 5) is 9.33. The average molecular weight is 298 g/mol. The number of nitrogens with zero attached hydrogens (tertiary/aromatic N) is 2. The molecule has 0 radical (unpaired) electrons. The van der Waals surface area contributed by atoms with Crippen molar-refractivity contribution in [1.29, 1.82) is 0 Å². The van der Waals surface area contributed by atoms with Gasteiger partial charge in [0.25, 0.3) is 0 Å². The van der Waals surface area contributed by atoms with Crippen LogP contribution in [0.15, 0.2) is 42.5 Å². The van der Waals surface area contributed by atoms with E-state index in [0.717, 1.165) is 39.4 Å². The van der Waals surface area contributed by atoms with E-state index >= 15 is 0 Å². The van der Waals surface area contributed by atoms with Crippen molar-refractivity contribution in [2.75, 3.05) is 11.9 Å². The third kappa shape index (κ3) is 2.69. The Kier molecular flexibility index (Phi) is 3.76. The lowest BCUT2D eigenvalue weighted by Gasteiger charge is -2.10. The molecule has 2 aromatic carbocycles. The Labute approximate surface area is 129 Å². The molecular formula is C17H16ClN3. The molecule has 0 atom stereocenters. The van der Waals surface area contributed by atoms with Gasteiger partial charge in [-0.15, -0.1) is 0 Å². The lowest BCUT2D eigenvalue weighted by molar-refractivity contribution is 1.14. The minimum atomic E-state index is 0.712. The number of hydrogen-bond acceptors (Lipinski definition) is 3. The number of rotatable bonds is 3. The van der Waals surface area contributed by atoms with Gasteiger partial charge in [0.1, 0.15) is 5.82 Å². The van der Waals surface area contributed by atoms with Crippen molar-refractivity contribution in [3.8, 4) is 11.4 Å². The van der Waals surface area contributed by atoms with Gasteiger partial charge in [-0.05, 0) is 49.7 Å². The van der Waals surface area contributed by atoms with Crippen LogP contribution in [0.25, 0.3) is 22.3 Å². The van der Waals surface area contributed by atoms with Gasteiger partial charge >= 0.3 is 0 Å². The second kappa shape index (κ2) is 5.70. The zero-order valence-electron chi connectivity index (χ0n) is 12.0. The molecule has 106 valence electrons. The maximum absolute atomic E-state index is 6.09. The Morgan fingerprint density at radius 1 is 1.10 bits per heavy atom. The van der Waals surface area contributed by atoms with Gasteiger partial charge in [-0.1, -0.05) is 23.7 Å². The Bertz CT molecular complexity index is 799. The van der Waals surface area contributed by atoms with E-state index in [-0.39, 0.29) is 0 Å². The van der Waals surface area contributed by atoms with Crippen LogP contribution < -0.4 is 5.32 Å². The molecule has 21 heavy (non-hydrogen) atoms. The number of aromatic nitrogens is 2. The molecule has 0 saturated carbocycles. The van der Waals surface area contributed by atoms with Crippen molar-refractivity contribution < 1.29 is 0 Å². The van der Waals surface area contributed by atoms with Gasteiger partial charge in [0.05, 0.1) is 5.52 Å². The van der Waals surface area contributed by atoms with Crippen molar-refractivity contribution >= 4 is 28.3 Å². The molecule has 0 aliphatic carbocycles. The van der Waals surface area contributed by atoms with E-state index in [1.807, 2.05) is 49.4 Å². The fourth-order valence-electron chi connectivity index (χ4n) is 2.29. The zero-order valence-corrected chi connectivity index (χ0v) is 12.8. The first-order valence-electron chi connectivity index (χ1n) is 6.96. The molecule has 0 bridgehead atoms. The normalized spacial score (nSPS) is 10.8. The van der Waals surface area contributed by atoms with Gasteiger partial charge in [-0.2, -0.15) is 0 Å². The van der Waals surface area contributed by atoms with Crippen LogP contribution in [-0.4, -0.2) is 16.5 Å². The molecule has 1 heterocycles. The number of halogens is 1. The van der Waals surface area contributed by atoms with E-state index in [9.17, 15) is 0 Å². The molecule has 3 nitrogen and oxygen atoms in total. The molecule has 0 unspecified atom stereocenters. The second-order valence-corrected chi connectivity index (χ2v) is 5.31. The van der Waals surface area contributed by atoms with Crippen LogP contribution in [0.4, 0.5) is 5.82 Å². The molecule has 0 aliphatic rings. The lowest BCUT2D eigenvalue weighted by Crippen LogP contribution is -2.03. The van der Waals surface area contributed by atoms with Crippen LogP contribution in [0.3, 0.4) is 0 Å². The van der Waals surface area contributed by atoms with Crippen molar-refractivity contribution in [3.63, 3.8) is 0 Å². The molecule has 3 rings (SSSR count). The molecule has 1 aromatic heterocycles. The van der Waals surface area contributed by atoms with Crippen molar-refractivity contribution in [2.45, 2.75) is 13.8 Å². The summed E-state index contributed by atoms with van der Waals surface area (Å²) >= 11 is 6.09. The van der Waals surface area contributed by atoms with Crippen LogP contribution in [0, 0.1) is 6.92 Å². The Hall–Kier alpha value is -2.13. The molecule has 3 aromatic rings. The molecule has 0 aliphatic heterocycles. The summed E-state index contributed by atoms with van der Waals surface area (Å²) in [7, 11) is 0. The summed E-state index contributed by atoms with van der Waals surface area (Å²) in [5.74, 6) is 1.58. The highest BCUT2D eigenvalue weighted by molar-refractivity contribution is 6.31. The largest absolute Gasteiger partial charge is 0.370 e. The number of benzene rings is 2. The number of fused-ring (bicyclic) bond motifs is 1. The van der Waals surface area contributed by atoms with Gasteiger partial charge in [0.2, 0.25) is 0 Å². The van der Waals surface area contributed by atoms with Crippen molar-refractivity contribution in [1.82, 2.24) is 9.97 Å². The zero-order chi connectivity index (χ0) is 14.8. The number of anilines is 1. The van der Waals surface area contributed by atoms with Crippen LogP contribution in [-0.2, 0) is 0 Å². The topological polar surface area (TPSA) is 37.8 Å². The number of hydrogen-bond donors (Lipinski definition) is 1. The monoisotopic (exact) mass is 297 g/mol. The average Bonchev–Trinajstić information content (AvgIpc) is 2.50. The summed E-state index contributed by atoms with van der Waals surface area (Å²) in [5.41, 5.74) is 2.93. The first kappa shape index (κ1) is 13.8. The van der Waals surface area contributed by atoms with E-state index in [2.05, 4.69) is 22.2 Å². The minimum Gasteiger partial charge on any atom is -0.370 e. The molecular weight excluding hydrogens is 282 g/mol. The van der Waals surface area contributed by atoms with E-state index in [1.54, 1.807) is 0 Å². The molecule has 0 fully saturated rings. The van der Waals surface area contributed by atoms with E-state index in [1.165, 1.54) is 0 Å². The first-order chi connectivity index (χ1) is 10.2. The van der Waals surface area contributed by atoms with Gasteiger partial charge in [-0.3, -0.25) is 0 Å². The summed E-state index contributed by atoms with van der Waals surface area (Å²) in [5, 5.41) is 5.10. The standard InChI is InChI=1S/C17H16ClN3/c1-3-19-17-13-6-4-5-7-15(13)20-16(21-17)12-8-9-14(18)11(2)10-12/h4-10H,3H2,1-2H3,(H,19,20,21). The van der Waals surface area contributed by atoms with Crippen LogP contribution >= 0.6 is 11.6 Å². The van der Waals surface area contributed by atoms with E-state index in [4.69, 9.17) is 11.6 Å². The molecule has 0 saturated heterocycles. The minimum absolute atomic E-state index is 0.712. The van der Waals surface area contributed by atoms with E-state index < -0.39 is 0 Å². The molecule has 0 amide bonds.